The number of rotatable bonds is 9. The van der Waals surface area contributed by atoms with Crippen molar-refractivity contribution >= 4 is 17.4 Å². The van der Waals surface area contributed by atoms with Gasteiger partial charge in [-0.05, 0) is 48.4 Å². The van der Waals surface area contributed by atoms with Gasteiger partial charge in [-0.15, -0.1) is 0 Å². The second-order valence-corrected chi connectivity index (χ2v) is 9.52. The number of benzene rings is 3. The number of nitrogens with zero attached hydrogens (tertiary/aromatic N) is 2. The summed E-state index contributed by atoms with van der Waals surface area (Å²) in [4.78, 5) is 30.6. The Kier molecular flexibility index (Phi) is 8.24. The van der Waals surface area contributed by atoms with Gasteiger partial charge in [0.2, 0.25) is 0 Å². The minimum Gasteiger partial charge on any atom is -0.507 e. The third-order valence-electron chi connectivity index (χ3n) is 7.01. The predicted octanol–water partition coefficient (Wildman–Crippen LogP) is 4.63. The number of carbonyl (C=O) groups is 2. The molecule has 1 atom stereocenters. The van der Waals surface area contributed by atoms with E-state index < -0.39 is 17.7 Å². The first kappa shape index (κ1) is 26.5. The van der Waals surface area contributed by atoms with Crippen LogP contribution in [0.2, 0.25) is 0 Å². The van der Waals surface area contributed by atoms with Crippen molar-refractivity contribution < 1.29 is 28.9 Å². The number of aliphatic hydroxyl groups excluding tert-OH is 1. The van der Waals surface area contributed by atoms with Crippen LogP contribution in [0.25, 0.3) is 5.76 Å². The van der Waals surface area contributed by atoms with E-state index in [0.717, 1.165) is 19.6 Å². The lowest BCUT2D eigenvalue weighted by Crippen LogP contribution is -2.38. The molecule has 3 aromatic carbocycles. The summed E-state index contributed by atoms with van der Waals surface area (Å²) in [5.74, 6) is 0.211. The number of morpholine rings is 1. The van der Waals surface area contributed by atoms with E-state index in [1.807, 2.05) is 54.6 Å². The molecular formula is C31H32N2O6. The molecule has 2 saturated heterocycles. The van der Waals surface area contributed by atoms with Gasteiger partial charge in [0.1, 0.15) is 23.0 Å². The average molecular weight is 529 g/mol. The molecule has 3 aromatic rings. The number of carbonyl (C=O) groups excluding carboxylic acids is 2. The summed E-state index contributed by atoms with van der Waals surface area (Å²) < 4.78 is 16.8. The van der Waals surface area contributed by atoms with E-state index >= 15 is 0 Å². The summed E-state index contributed by atoms with van der Waals surface area (Å²) in [5, 5.41) is 11.4. The zero-order valence-electron chi connectivity index (χ0n) is 21.9. The molecule has 0 spiro atoms. The molecule has 0 radical (unpaired) electrons. The second kappa shape index (κ2) is 12.1. The van der Waals surface area contributed by atoms with Crippen LogP contribution in [0, 0.1) is 0 Å². The minimum absolute atomic E-state index is 0.0523. The molecule has 2 fully saturated rings. The summed E-state index contributed by atoms with van der Waals surface area (Å²) in [5.41, 5.74) is 1.14. The van der Waals surface area contributed by atoms with Crippen molar-refractivity contribution in [3.8, 4) is 17.2 Å². The molecule has 0 bridgehead atoms. The lowest BCUT2D eigenvalue weighted by molar-refractivity contribution is -0.140. The lowest BCUT2D eigenvalue weighted by Gasteiger charge is -2.29. The molecule has 202 valence electrons. The molecule has 2 heterocycles. The molecule has 0 saturated carbocycles. The molecule has 39 heavy (non-hydrogen) atoms. The van der Waals surface area contributed by atoms with Gasteiger partial charge in [-0.2, -0.15) is 0 Å². The predicted molar refractivity (Wildman–Crippen MR) is 147 cm³/mol. The van der Waals surface area contributed by atoms with Gasteiger partial charge in [0, 0.05) is 31.7 Å². The van der Waals surface area contributed by atoms with Crippen molar-refractivity contribution in [2.75, 3.05) is 46.5 Å². The van der Waals surface area contributed by atoms with Crippen LogP contribution < -0.4 is 9.47 Å². The summed E-state index contributed by atoms with van der Waals surface area (Å²) >= 11 is 0. The fourth-order valence-electron chi connectivity index (χ4n) is 5.05. The molecule has 1 unspecified atom stereocenters. The number of para-hydroxylation sites is 1. The number of ketones is 1. The van der Waals surface area contributed by atoms with E-state index in [1.165, 1.54) is 7.11 Å². The number of Topliss-reactive ketones (excluding diaryl/α,β-unsaturated/α-hetero) is 1. The summed E-state index contributed by atoms with van der Waals surface area (Å²) in [6.07, 6.45) is 0.683. The van der Waals surface area contributed by atoms with Gasteiger partial charge in [-0.1, -0.05) is 42.5 Å². The highest BCUT2D eigenvalue weighted by Gasteiger charge is 2.46. The first-order chi connectivity index (χ1) is 19.0. The van der Waals surface area contributed by atoms with E-state index in [4.69, 9.17) is 14.2 Å². The van der Waals surface area contributed by atoms with Crippen LogP contribution in [-0.4, -0.2) is 73.1 Å². The number of ether oxygens (including phenoxy) is 3. The Morgan fingerprint density at radius 3 is 2.38 bits per heavy atom. The monoisotopic (exact) mass is 528 g/mol. The van der Waals surface area contributed by atoms with E-state index in [-0.39, 0.29) is 11.3 Å². The molecule has 0 aliphatic carbocycles. The van der Waals surface area contributed by atoms with Crippen LogP contribution in [0.3, 0.4) is 0 Å². The van der Waals surface area contributed by atoms with Crippen molar-refractivity contribution in [2.24, 2.45) is 0 Å². The highest BCUT2D eigenvalue weighted by atomic mass is 16.5. The minimum atomic E-state index is -0.764. The lowest BCUT2D eigenvalue weighted by atomic mass is 9.95. The van der Waals surface area contributed by atoms with Crippen LogP contribution >= 0.6 is 0 Å². The number of likely N-dealkylation sites (tertiary alicyclic amines) is 1. The van der Waals surface area contributed by atoms with Crippen LogP contribution in [0.15, 0.2) is 84.4 Å². The summed E-state index contributed by atoms with van der Waals surface area (Å²) in [6, 6.07) is 22.8. The Labute approximate surface area is 228 Å². The SMILES string of the molecule is COc1cccc(C(O)=C2C(=O)C(=O)N(CCCN3CCOCC3)C2c2cccc(Oc3ccccc3)c2)c1. The van der Waals surface area contributed by atoms with Crippen LogP contribution in [0.4, 0.5) is 0 Å². The number of hydrogen-bond acceptors (Lipinski definition) is 7. The molecule has 8 heteroatoms. The first-order valence-corrected chi connectivity index (χ1v) is 13.1. The first-order valence-electron chi connectivity index (χ1n) is 13.1. The van der Waals surface area contributed by atoms with Crippen molar-refractivity contribution in [2.45, 2.75) is 12.5 Å². The Morgan fingerprint density at radius 1 is 0.897 bits per heavy atom. The average Bonchev–Trinajstić information content (AvgIpc) is 3.23. The Balaban J connectivity index is 1.50. The molecular weight excluding hydrogens is 496 g/mol. The molecule has 2 aliphatic rings. The molecule has 1 N–H and O–H groups in total. The molecule has 5 rings (SSSR count). The third-order valence-corrected chi connectivity index (χ3v) is 7.01. The van der Waals surface area contributed by atoms with E-state index in [2.05, 4.69) is 4.90 Å². The van der Waals surface area contributed by atoms with Crippen molar-refractivity contribution in [1.29, 1.82) is 0 Å². The molecule has 8 nitrogen and oxygen atoms in total. The number of amides is 1. The standard InChI is InChI=1S/C31H32N2O6/c1-37-25-12-6-9-23(21-25)29(34)27-28(22-8-5-13-26(20-22)39-24-10-3-2-4-11-24)33(31(36)30(27)35)15-7-14-32-16-18-38-19-17-32/h2-6,8-13,20-21,28,34H,7,14-19H2,1H3. The maximum absolute atomic E-state index is 13.4. The smallest absolute Gasteiger partial charge is 0.295 e. The van der Waals surface area contributed by atoms with Gasteiger partial charge >= 0.3 is 0 Å². The Hall–Kier alpha value is -4.14. The molecule has 2 aliphatic heterocycles. The number of methoxy groups -OCH3 is 1. The Morgan fingerprint density at radius 2 is 1.62 bits per heavy atom. The summed E-state index contributed by atoms with van der Waals surface area (Å²) in [6.45, 7) is 4.23. The maximum Gasteiger partial charge on any atom is 0.295 e. The van der Waals surface area contributed by atoms with E-state index in [9.17, 15) is 14.7 Å². The van der Waals surface area contributed by atoms with E-state index in [0.29, 0.717) is 54.6 Å². The van der Waals surface area contributed by atoms with Gasteiger partial charge in [-0.3, -0.25) is 14.5 Å². The van der Waals surface area contributed by atoms with Gasteiger partial charge in [0.15, 0.2) is 0 Å². The number of aliphatic hydroxyl groups is 1. The van der Waals surface area contributed by atoms with Crippen LogP contribution in [0.1, 0.15) is 23.6 Å². The largest absolute Gasteiger partial charge is 0.507 e. The normalized spacial score (nSPS) is 19.3. The fraction of sp³-hybridized carbons (Fsp3) is 0.290. The van der Waals surface area contributed by atoms with Crippen molar-refractivity contribution in [3.05, 3.63) is 95.6 Å². The second-order valence-electron chi connectivity index (χ2n) is 9.52. The highest BCUT2D eigenvalue weighted by molar-refractivity contribution is 6.46. The van der Waals surface area contributed by atoms with Crippen molar-refractivity contribution in [1.82, 2.24) is 9.80 Å². The van der Waals surface area contributed by atoms with Gasteiger partial charge in [0.25, 0.3) is 11.7 Å². The molecule has 0 aromatic heterocycles. The van der Waals surface area contributed by atoms with Gasteiger partial charge < -0.3 is 24.2 Å². The quantitative estimate of drug-likeness (QED) is 0.246. The van der Waals surface area contributed by atoms with Gasteiger partial charge in [-0.25, -0.2) is 0 Å². The van der Waals surface area contributed by atoms with Crippen LogP contribution in [0.5, 0.6) is 17.2 Å². The zero-order valence-corrected chi connectivity index (χ0v) is 21.9. The van der Waals surface area contributed by atoms with Crippen molar-refractivity contribution in [3.63, 3.8) is 0 Å². The number of hydrogen-bond donors (Lipinski definition) is 1. The highest BCUT2D eigenvalue weighted by Crippen LogP contribution is 2.41. The Bertz CT molecular complexity index is 1350. The topological polar surface area (TPSA) is 88.5 Å². The molecule has 1 amide bonds. The van der Waals surface area contributed by atoms with Crippen LogP contribution in [-0.2, 0) is 14.3 Å². The third kappa shape index (κ3) is 5.97. The maximum atomic E-state index is 13.4. The summed E-state index contributed by atoms with van der Waals surface area (Å²) in [7, 11) is 1.53. The zero-order chi connectivity index (χ0) is 27.2. The van der Waals surface area contributed by atoms with E-state index in [1.54, 1.807) is 29.2 Å². The van der Waals surface area contributed by atoms with Gasteiger partial charge in [0.05, 0.1) is 31.9 Å². The fourth-order valence-corrected chi connectivity index (χ4v) is 5.05.